The molecular formula is C35H32B2N2. The zero-order valence-electron chi connectivity index (χ0n) is 23.7. The van der Waals surface area contributed by atoms with Crippen molar-refractivity contribution in [1.82, 2.24) is 9.38 Å². The number of aromatic nitrogens is 2. The highest BCUT2D eigenvalue weighted by Gasteiger charge is 2.25. The highest BCUT2D eigenvalue weighted by molar-refractivity contribution is 6.59. The van der Waals surface area contributed by atoms with Crippen molar-refractivity contribution < 1.29 is 0 Å². The average molecular weight is 502 g/mol. The Labute approximate surface area is 232 Å². The van der Waals surface area contributed by atoms with Crippen molar-refractivity contribution in [3.05, 3.63) is 71.9 Å². The first-order valence-electron chi connectivity index (χ1n) is 13.9. The summed E-state index contributed by atoms with van der Waals surface area (Å²) in [4.78, 5) is 5.02. The molecule has 7 aromatic rings. The van der Waals surface area contributed by atoms with Crippen LogP contribution in [-0.2, 0) is 12.8 Å². The number of benzene rings is 4. The zero-order valence-corrected chi connectivity index (χ0v) is 23.7. The SMILES string of the molecule is [B]c1c([B])c2c3ccccc3n3c4c(CC(C)(C)C)c5ccc(CC(C)(C)C)cc5cc4c4nccc1c4c23. The molecular weight excluding hydrogens is 470 g/mol. The van der Waals surface area contributed by atoms with E-state index >= 15 is 0 Å². The standard InChI is InChI=1S/C35H32B2N2/c1-34(2,3)17-19-11-12-21-20(15-19)16-24-31-28-23(13-14-38-31)29(36)30(37)27-22-9-7-8-10-26(22)39(33(27)28)32(24)25(21)18-35(4,5)6/h7-16H,17-18H2,1-6H3. The van der Waals surface area contributed by atoms with E-state index in [1.807, 2.05) is 12.3 Å². The zero-order chi connectivity index (χ0) is 27.4. The minimum absolute atomic E-state index is 0.0913. The molecule has 188 valence electrons. The summed E-state index contributed by atoms with van der Waals surface area (Å²) in [5.74, 6) is 0. The quantitative estimate of drug-likeness (QED) is 0.138. The first-order chi connectivity index (χ1) is 18.4. The topological polar surface area (TPSA) is 17.3 Å². The summed E-state index contributed by atoms with van der Waals surface area (Å²) in [5, 5.41) is 7.97. The molecule has 0 amide bonds. The fraction of sp³-hybridized carbons (Fsp3) is 0.286. The van der Waals surface area contributed by atoms with Crippen molar-refractivity contribution in [2.75, 3.05) is 0 Å². The fourth-order valence-electron chi connectivity index (χ4n) is 6.78. The number of fused-ring (bicyclic) bond motifs is 7. The third-order valence-electron chi connectivity index (χ3n) is 8.11. The molecule has 0 N–H and O–H groups in total. The van der Waals surface area contributed by atoms with Crippen LogP contribution in [0.4, 0.5) is 0 Å². The van der Waals surface area contributed by atoms with Crippen molar-refractivity contribution in [3.8, 4) is 0 Å². The predicted octanol–water partition coefficient (Wildman–Crippen LogP) is 7.30. The lowest BCUT2D eigenvalue weighted by Crippen LogP contribution is -2.27. The molecule has 7 rings (SSSR count). The Morgan fingerprint density at radius 3 is 2.18 bits per heavy atom. The lowest BCUT2D eigenvalue weighted by molar-refractivity contribution is 0.411. The normalized spacial score (nSPS) is 13.3. The van der Waals surface area contributed by atoms with Gasteiger partial charge >= 0.3 is 0 Å². The monoisotopic (exact) mass is 502 g/mol. The van der Waals surface area contributed by atoms with Crippen LogP contribution < -0.4 is 10.9 Å². The van der Waals surface area contributed by atoms with Gasteiger partial charge in [0.25, 0.3) is 0 Å². The Morgan fingerprint density at radius 2 is 1.44 bits per heavy atom. The first-order valence-corrected chi connectivity index (χ1v) is 13.9. The Kier molecular flexibility index (Phi) is 5.03. The third-order valence-corrected chi connectivity index (χ3v) is 8.11. The summed E-state index contributed by atoms with van der Waals surface area (Å²) in [5.41, 5.74) is 8.81. The van der Waals surface area contributed by atoms with E-state index in [9.17, 15) is 0 Å². The van der Waals surface area contributed by atoms with Crippen LogP contribution in [0.5, 0.6) is 0 Å². The number of hydrogen-bond donors (Lipinski definition) is 0. The van der Waals surface area contributed by atoms with Crippen molar-refractivity contribution in [3.63, 3.8) is 0 Å². The maximum absolute atomic E-state index is 6.80. The van der Waals surface area contributed by atoms with Gasteiger partial charge in [0.1, 0.15) is 15.7 Å². The molecule has 4 radical (unpaired) electrons. The highest BCUT2D eigenvalue weighted by Crippen LogP contribution is 2.43. The second kappa shape index (κ2) is 8.01. The van der Waals surface area contributed by atoms with E-state index in [4.69, 9.17) is 20.7 Å². The molecule has 0 spiro atoms. The van der Waals surface area contributed by atoms with Gasteiger partial charge in [0.15, 0.2) is 0 Å². The maximum atomic E-state index is 6.80. The molecule has 4 heteroatoms. The molecule has 3 heterocycles. The molecule has 0 aliphatic rings. The second-order valence-electron chi connectivity index (χ2n) is 13.8. The van der Waals surface area contributed by atoms with E-state index in [2.05, 4.69) is 94.5 Å². The van der Waals surface area contributed by atoms with Crippen LogP contribution >= 0.6 is 0 Å². The van der Waals surface area contributed by atoms with Gasteiger partial charge in [-0.15, -0.1) is 0 Å². The van der Waals surface area contributed by atoms with Crippen LogP contribution in [0.3, 0.4) is 0 Å². The number of hydrogen-bond acceptors (Lipinski definition) is 1. The van der Waals surface area contributed by atoms with E-state index in [0.717, 1.165) is 50.9 Å². The van der Waals surface area contributed by atoms with E-state index in [1.54, 1.807) is 0 Å². The van der Waals surface area contributed by atoms with Crippen LogP contribution in [0.2, 0.25) is 0 Å². The number of pyridine rings is 2. The largest absolute Gasteiger partial charge is 0.308 e. The number of nitrogens with zero attached hydrogens (tertiary/aromatic N) is 2. The van der Waals surface area contributed by atoms with E-state index in [-0.39, 0.29) is 10.8 Å². The first kappa shape index (κ1) is 24.5. The number of para-hydroxylation sites is 1. The summed E-state index contributed by atoms with van der Waals surface area (Å²) in [6, 6.07) is 20.0. The molecule has 0 aliphatic carbocycles. The van der Waals surface area contributed by atoms with Crippen molar-refractivity contribution in [2.24, 2.45) is 10.8 Å². The molecule has 2 nitrogen and oxygen atoms in total. The minimum atomic E-state index is 0.0913. The van der Waals surface area contributed by atoms with E-state index < -0.39 is 0 Å². The lowest BCUT2D eigenvalue weighted by Gasteiger charge is -2.24. The van der Waals surface area contributed by atoms with Crippen molar-refractivity contribution in [1.29, 1.82) is 0 Å². The molecule has 0 unspecified atom stereocenters. The summed E-state index contributed by atoms with van der Waals surface area (Å²) >= 11 is 0. The Balaban J connectivity index is 1.79. The summed E-state index contributed by atoms with van der Waals surface area (Å²) in [6.07, 6.45) is 3.85. The molecule has 0 fully saturated rings. The van der Waals surface area contributed by atoms with Gasteiger partial charge in [-0.2, -0.15) is 0 Å². The van der Waals surface area contributed by atoms with Gasteiger partial charge in [-0.05, 0) is 69.2 Å². The van der Waals surface area contributed by atoms with Crippen LogP contribution in [0.25, 0.3) is 59.8 Å². The number of rotatable bonds is 2. The molecule has 0 bridgehead atoms. The summed E-state index contributed by atoms with van der Waals surface area (Å²) in [7, 11) is 13.5. The van der Waals surface area contributed by atoms with Gasteiger partial charge in [0, 0.05) is 27.7 Å². The van der Waals surface area contributed by atoms with E-state index in [0.29, 0.717) is 10.9 Å². The summed E-state index contributed by atoms with van der Waals surface area (Å²) < 4.78 is 2.45. The molecule has 0 aliphatic heterocycles. The van der Waals surface area contributed by atoms with Crippen molar-refractivity contribution in [2.45, 2.75) is 54.4 Å². The van der Waals surface area contributed by atoms with Gasteiger partial charge < -0.3 is 4.40 Å². The van der Waals surface area contributed by atoms with Gasteiger partial charge in [0.05, 0.1) is 22.1 Å². The summed E-state index contributed by atoms with van der Waals surface area (Å²) in [6.45, 7) is 13.9. The highest BCUT2D eigenvalue weighted by atomic mass is 14.9. The molecule has 39 heavy (non-hydrogen) atoms. The molecule has 4 aromatic carbocycles. The van der Waals surface area contributed by atoms with Gasteiger partial charge in [-0.1, -0.05) is 88.9 Å². The fourth-order valence-corrected chi connectivity index (χ4v) is 6.78. The second-order valence-corrected chi connectivity index (χ2v) is 13.8. The van der Waals surface area contributed by atoms with Crippen LogP contribution in [0.15, 0.2) is 60.8 Å². The molecule has 3 aromatic heterocycles. The Bertz CT molecular complexity index is 2100. The van der Waals surface area contributed by atoms with E-state index in [1.165, 1.54) is 32.8 Å². The predicted molar refractivity (Wildman–Crippen MR) is 171 cm³/mol. The lowest BCUT2D eigenvalue weighted by atomic mass is 9.75. The van der Waals surface area contributed by atoms with Crippen LogP contribution in [0, 0.1) is 10.8 Å². The van der Waals surface area contributed by atoms with Gasteiger partial charge in [-0.3, -0.25) is 4.98 Å². The van der Waals surface area contributed by atoms with Gasteiger partial charge in [0.2, 0.25) is 0 Å². The molecule has 0 saturated heterocycles. The van der Waals surface area contributed by atoms with Crippen LogP contribution in [-0.4, -0.2) is 25.1 Å². The smallest absolute Gasteiger partial charge is 0.113 e. The van der Waals surface area contributed by atoms with Crippen LogP contribution in [0.1, 0.15) is 52.7 Å². The molecule has 0 atom stereocenters. The Hall–Kier alpha value is -3.52. The third kappa shape index (κ3) is 3.60. The minimum Gasteiger partial charge on any atom is -0.308 e. The van der Waals surface area contributed by atoms with Gasteiger partial charge in [-0.25, -0.2) is 0 Å². The maximum Gasteiger partial charge on any atom is 0.113 e. The Morgan fingerprint density at radius 1 is 0.692 bits per heavy atom. The average Bonchev–Trinajstić information content (AvgIpc) is 3.20. The van der Waals surface area contributed by atoms with Crippen molar-refractivity contribution >= 4 is 86.4 Å². The molecule has 0 saturated carbocycles.